The Hall–Kier alpha value is -3.32. The van der Waals surface area contributed by atoms with E-state index in [0.29, 0.717) is 12.5 Å². The van der Waals surface area contributed by atoms with E-state index >= 15 is 0 Å². The molecule has 1 amide bonds. The van der Waals surface area contributed by atoms with Gasteiger partial charge >= 0.3 is 0 Å². The molecule has 0 spiro atoms. The number of anilines is 1. The fourth-order valence-electron chi connectivity index (χ4n) is 3.46. The quantitative estimate of drug-likeness (QED) is 0.304. The van der Waals surface area contributed by atoms with Crippen molar-refractivity contribution in [3.63, 3.8) is 0 Å². The number of aromatic nitrogens is 3. The fraction of sp³-hybridized carbons (Fsp3) is 0.269. The Balaban J connectivity index is 1.42. The zero-order valence-electron chi connectivity index (χ0n) is 18.9. The van der Waals surface area contributed by atoms with Crippen LogP contribution in [0, 0.1) is 5.92 Å². The van der Waals surface area contributed by atoms with Crippen LogP contribution in [0.25, 0.3) is 10.8 Å². The van der Waals surface area contributed by atoms with Gasteiger partial charge in [-0.05, 0) is 35.9 Å². The van der Waals surface area contributed by atoms with Crippen molar-refractivity contribution in [2.24, 2.45) is 5.92 Å². The molecule has 0 aliphatic heterocycles. The van der Waals surface area contributed by atoms with Gasteiger partial charge in [0.25, 0.3) is 0 Å². The molecule has 0 aliphatic rings. The third-order valence-corrected chi connectivity index (χ3v) is 6.20. The molecule has 0 bridgehead atoms. The van der Waals surface area contributed by atoms with Gasteiger partial charge in [-0.15, -0.1) is 10.2 Å². The van der Waals surface area contributed by atoms with E-state index in [1.165, 1.54) is 11.8 Å². The molecule has 1 heterocycles. The number of hydrogen-bond donors (Lipinski definition) is 1. The van der Waals surface area contributed by atoms with E-state index in [1.54, 1.807) is 0 Å². The van der Waals surface area contributed by atoms with Crippen LogP contribution in [-0.4, -0.2) is 26.4 Å². The lowest BCUT2D eigenvalue weighted by Gasteiger charge is -2.13. The maximum atomic E-state index is 12.7. The van der Waals surface area contributed by atoms with E-state index < -0.39 is 0 Å². The van der Waals surface area contributed by atoms with Crippen LogP contribution < -0.4 is 10.1 Å². The van der Waals surface area contributed by atoms with E-state index in [-0.39, 0.29) is 11.7 Å². The molecule has 4 aromatic rings. The van der Waals surface area contributed by atoms with Gasteiger partial charge in [-0.2, -0.15) is 0 Å². The van der Waals surface area contributed by atoms with Crippen molar-refractivity contribution in [3.05, 3.63) is 78.6 Å². The summed E-state index contributed by atoms with van der Waals surface area (Å²) < 4.78 is 7.95. The number of carbonyl (C=O) groups excluding carboxylic acids is 1. The Labute approximate surface area is 198 Å². The van der Waals surface area contributed by atoms with Crippen molar-refractivity contribution in [1.82, 2.24) is 14.8 Å². The predicted octanol–water partition coefficient (Wildman–Crippen LogP) is 5.79. The molecular formula is C26H28N4O2S. The Morgan fingerprint density at radius 3 is 2.58 bits per heavy atom. The molecule has 0 radical (unpaired) electrons. The molecule has 0 aliphatic carbocycles. The van der Waals surface area contributed by atoms with Gasteiger partial charge in [-0.1, -0.05) is 80.2 Å². The Kier molecular flexibility index (Phi) is 7.62. The molecule has 3 aromatic carbocycles. The number of carbonyl (C=O) groups is 1. The van der Waals surface area contributed by atoms with Crippen molar-refractivity contribution >= 4 is 34.1 Å². The van der Waals surface area contributed by atoms with E-state index in [0.717, 1.165) is 46.2 Å². The molecule has 0 unspecified atom stereocenters. The number of fused-ring (bicyclic) bond motifs is 1. The second kappa shape index (κ2) is 11.0. The predicted molar refractivity (Wildman–Crippen MR) is 134 cm³/mol. The monoisotopic (exact) mass is 460 g/mol. The summed E-state index contributed by atoms with van der Waals surface area (Å²) in [6, 6.07) is 23.6. The van der Waals surface area contributed by atoms with Gasteiger partial charge in [0.1, 0.15) is 12.4 Å². The van der Waals surface area contributed by atoms with E-state index in [2.05, 4.69) is 33.9 Å². The number of ether oxygens (including phenoxy) is 1. The van der Waals surface area contributed by atoms with Crippen molar-refractivity contribution < 1.29 is 9.53 Å². The zero-order chi connectivity index (χ0) is 23.0. The molecule has 0 saturated carbocycles. The smallest absolute Gasteiger partial charge is 0.234 e. The summed E-state index contributed by atoms with van der Waals surface area (Å²) in [4.78, 5) is 12.7. The summed E-state index contributed by atoms with van der Waals surface area (Å²) in [5, 5.41) is 14.6. The lowest BCUT2D eigenvalue weighted by molar-refractivity contribution is -0.113. The molecule has 6 nitrogen and oxygen atoms in total. The minimum atomic E-state index is -0.0724. The number of thioether (sulfide) groups is 1. The van der Waals surface area contributed by atoms with Crippen molar-refractivity contribution in [3.8, 4) is 5.75 Å². The van der Waals surface area contributed by atoms with Gasteiger partial charge in [0.05, 0.1) is 5.75 Å². The van der Waals surface area contributed by atoms with Gasteiger partial charge in [-0.3, -0.25) is 4.79 Å². The third kappa shape index (κ3) is 6.14. The maximum absolute atomic E-state index is 12.7. The molecule has 0 fully saturated rings. The van der Waals surface area contributed by atoms with E-state index in [9.17, 15) is 4.79 Å². The van der Waals surface area contributed by atoms with Crippen LogP contribution in [0.15, 0.2) is 78.0 Å². The Bertz CT molecular complexity index is 1200. The summed E-state index contributed by atoms with van der Waals surface area (Å²) in [6.07, 6.45) is 0.992. The van der Waals surface area contributed by atoms with Crippen molar-refractivity contribution in [2.75, 3.05) is 11.1 Å². The highest BCUT2D eigenvalue weighted by atomic mass is 32.2. The maximum Gasteiger partial charge on any atom is 0.234 e. The summed E-state index contributed by atoms with van der Waals surface area (Å²) >= 11 is 1.40. The van der Waals surface area contributed by atoms with Crippen LogP contribution in [0.1, 0.15) is 26.1 Å². The average Bonchev–Trinajstić information content (AvgIpc) is 3.22. The zero-order valence-corrected chi connectivity index (χ0v) is 19.7. The second-order valence-corrected chi connectivity index (χ2v) is 9.14. The van der Waals surface area contributed by atoms with Gasteiger partial charge in [0.2, 0.25) is 5.91 Å². The van der Waals surface area contributed by atoms with Crippen LogP contribution in [0.5, 0.6) is 5.75 Å². The fourth-order valence-corrected chi connectivity index (χ4v) is 4.24. The number of para-hydroxylation sites is 1. The standard InChI is InChI=1S/C26H28N4O2S/c1-19(2)15-16-30-24(17-32-21-11-4-3-5-12-21)28-29-26(30)33-18-25(31)27-23-14-8-10-20-9-6-7-13-22(20)23/h3-14,19H,15-18H2,1-2H3,(H,27,31). The molecule has 33 heavy (non-hydrogen) atoms. The molecule has 7 heteroatoms. The van der Waals surface area contributed by atoms with Gasteiger partial charge in [0.15, 0.2) is 11.0 Å². The summed E-state index contributed by atoms with van der Waals surface area (Å²) in [5.41, 5.74) is 0.817. The summed E-state index contributed by atoms with van der Waals surface area (Å²) in [6.45, 7) is 5.49. The first-order chi connectivity index (χ1) is 16.1. The van der Waals surface area contributed by atoms with Crippen molar-refractivity contribution in [2.45, 2.75) is 38.6 Å². The number of amides is 1. The lowest BCUT2D eigenvalue weighted by Crippen LogP contribution is -2.15. The highest BCUT2D eigenvalue weighted by Gasteiger charge is 2.16. The SMILES string of the molecule is CC(C)CCn1c(COc2ccccc2)nnc1SCC(=O)Nc1cccc2ccccc12. The van der Waals surface area contributed by atoms with Gasteiger partial charge < -0.3 is 14.6 Å². The average molecular weight is 461 g/mol. The van der Waals surface area contributed by atoms with Crippen LogP contribution in [0.3, 0.4) is 0 Å². The lowest BCUT2D eigenvalue weighted by atomic mass is 10.1. The molecule has 0 atom stereocenters. The Morgan fingerprint density at radius 1 is 1.00 bits per heavy atom. The van der Waals surface area contributed by atoms with Gasteiger partial charge in [-0.25, -0.2) is 0 Å². The Morgan fingerprint density at radius 2 is 1.76 bits per heavy atom. The highest BCUT2D eigenvalue weighted by molar-refractivity contribution is 7.99. The van der Waals surface area contributed by atoms with Gasteiger partial charge in [0, 0.05) is 17.6 Å². The molecule has 1 N–H and O–H groups in total. The second-order valence-electron chi connectivity index (χ2n) is 8.20. The first-order valence-electron chi connectivity index (χ1n) is 11.1. The molecule has 170 valence electrons. The van der Waals surface area contributed by atoms with Crippen molar-refractivity contribution in [1.29, 1.82) is 0 Å². The number of rotatable bonds is 10. The third-order valence-electron chi connectivity index (χ3n) is 5.23. The highest BCUT2D eigenvalue weighted by Crippen LogP contribution is 2.24. The minimum Gasteiger partial charge on any atom is -0.486 e. The summed E-state index contributed by atoms with van der Waals surface area (Å²) in [7, 11) is 0. The number of benzene rings is 3. The molecule has 4 rings (SSSR count). The van der Waals surface area contributed by atoms with Crippen LogP contribution in [0.4, 0.5) is 5.69 Å². The molecule has 1 aromatic heterocycles. The normalized spacial score (nSPS) is 11.1. The first kappa shape index (κ1) is 22.9. The number of nitrogens with one attached hydrogen (secondary N) is 1. The largest absolute Gasteiger partial charge is 0.486 e. The molecular weight excluding hydrogens is 432 g/mol. The number of nitrogens with zero attached hydrogens (tertiary/aromatic N) is 3. The topological polar surface area (TPSA) is 69.0 Å². The number of hydrogen-bond acceptors (Lipinski definition) is 5. The van der Waals surface area contributed by atoms with Crippen LogP contribution in [0.2, 0.25) is 0 Å². The van der Waals surface area contributed by atoms with Crippen LogP contribution >= 0.6 is 11.8 Å². The first-order valence-corrected chi connectivity index (χ1v) is 12.1. The summed E-state index contributed by atoms with van der Waals surface area (Å²) in [5.74, 6) is 2.28. The van der Waals surface area contributed by atoms with E-state index in [1.807, 2.05) is 72.8 Å². The minimum absolute atomic E-state index is 0.0724. The van der Waals surface area contributed by atoms with E-state index in [4.69, 9.17) is 4.74 Å². The molecule has 0 saturated heterocycles. The van der Waals surface area contributed by atoms with Crippen LogP contribution in [-0.2, 0) is 17.9 Å².